The van der Waals surface area contributed by atoms with Gasteiger partial charge in [0.15, 0.2) is 0 Å². The zero-order chi connectivity index (χ0) is 33.5. The Balaban J connectivity index is 0.000000282. The molecule has 5 heterocycles. The van der Waals surface area contributed by atoms with Crippen LogP contribution in [0.4, 0.5) is 0 Å². The lowest BCUT2D eigenvalue weighted by molar-refractivity contribution is 0.0238. The number of nitrogens with zero attached hydrogens (tertiary/aromatic N) is 5. The van der Waals surface area contributed by atoms with Gasteiger partial charge in [0, 0.05) is 82.6 Å². The van der Waals surface area contributed by atoms with Crippen LogP contribution in [0, 0.1) is 0 Å². The first-order valence-electron chi connectivity index (χ1n) is 19.2. The van der Waals surface area contributed by atoms with Gasteiger partial charge < -0.3 is 25.2 Å². The van der Waals surface area contributed by atoms with Crippen molar-refractivity contribution in [2.45, 2.75) is 138 Å². The van der Waals surface area contributed by atoms with E-state index in [2.05, 4.69) is 104 Å². The summed E-state index contributed by atoms with van der Waals surface area (Å²) in [5, 5.41) is 6.72. The quantitative estimate of drug-likeness (QED) is 0.432. The van der Waals surface area contributed by atoms with Gasteiger partial charge in [-0.2, -0.15) is 0 Å². The topological polar surface area (TPSA) is 49.5 Å². The van der Waals surface area contributed by atoms with E-state index in [1.54, 1.807) is 0 Å². The lowest BCUT2D eigenvalue weighted by Crippen LogP contribution is -2.46. The van der Waals surface area contributed by atoms with Crippen molar-refractivity contribution in [3.63, 3.8) is 0 Å². The fourth-order valence-electron chi connectivity index (χ4n) is 6.37. The predicted molar refractivity (Wildman–Crippen MR) is 198 cm³/mol. The molecular formula is C37H81N7O. The van der Waals surface area contributed by atoms with Gasteiger partial charge in [0.05, 0.1) is 13.2 Å². The van der Waals surface area contributed by atoms with Crippen molar-refractivity contribution in [1.82, 2.24) is 35.1 Å². The summed E-state index contributed by atoms with van der Waals surface area (Å²) in [7, 11) is 0. The molecule has 0 unspecified atom stereocenters. The molecule has 45 heavy (non-hydrogen) atoms. The fourth-order valence-corrected chi connectivity index (χ4v) is 6.37. The molecule has 270 valence electrons. The Morgan fingerprint density at radius 2 is 0.622 bits per heavy atom. The highest BCUT2D eigenvalue weighted by molar-refractivity contribution is 4.71. The van der Waals surface area contributed by atoms with Gasteiger partial charge in [-0.15, -0.1) is 0 Å². The molecule has 8 nitrogen and oxygen atoms in total. The lowest BCUT2D eigenvalue weighted by atomic mass is 10.1. The van der Waals surface area contributed by atoms with E-state index in [4.69, 9.17) is 4.74 Å². The maximum absolute atomic E-state index is 5.21. The standard InChI is InChI=1S/C8H18N2.C8H17N.C7H16N2.C7H15NO.C7H15N/c1-8(2)10-6-3-4-9-5-7-10;1-8(2)9-6-4-3-5-7-9;1-7(2)9-5-3-8-4-6-9;1-7(2)8-3-5-9-6-4-8;1-7(2)8-5-3-4-6-8/h8-9H,3-7H2,1-2H3;8H,3-7H2,1-2H3;7-8H,3-6H2,1-2H3;7H,3-6H2,1-2H3;7H,3-6H2,1-2H3. The third kappa shape index (κ3) is 21.3. The number of rotatable bonds is 5. The Morgan fingerprint density at radius 3 is 0.978 bits per heavy atom. The number of piperidine rings is 1. The summed E-state index contributed by atoms with van der Waals surface area (Å²) in [5.74, 6) is 0. The highest BCUT2D eigenvalue weighted by Gasteiger charge is 2.15. The van der Waals surface area contributed by atoms with Gasteiger partial charge in [0.1, 0.15) is 0 Å². The summed E-state index contributed by atoms with van der Waals surface area (Å²) in [5.41, 5.74) is 0. The zero-order valence-corrected chi connectivity index (χ0v) is 32.1. The van der Waals surface area contributed by atoms with Crippen molar-refractivity contribution in [2.75, 3.05) is 105 Å². The van der Waals surface area contributed by atoms with Crippen LogP contribution in [-0.2, 0) is 4.74 Å². The predicted octanol–water partition coefficient (Wildman–Crippen LogP) is 5.09. The van der Waals surface area contributed by atoms with E-state index < -0.39 is 0 Å². The van der Waals surface area contributed by atoms with Crippen molar-refractivity contribution < 1.29 is 4.74 Å². The number of piperazine rings is 1. The Morgan fingerprint density at radius 1 is 0.333 bits per heavy atom. The Labute approximate surface area is 282 Å². The summed E-state index contributed by atoms with van der Waals surface area (Å²) >= 11 is 0. The summed E-state index contributed by atoms with van der Waals surface area (Å²) in [6.45, 7) is 41.6. The normalized spacial score (nSPS) is 23.0. The summed E-state index contributed by atoms with van der Waals surface area (Å²) in [6, 6.07) is 3.68. The van der Waals surface area contributed by atoms with E-state index >= 15 is 0 Å². The van der Waals surface area contributed by atoms with Gasteiger partial charge in [-0.1, -0.05) is 6.42 Å². The molecule has 5 aliphatic rings. The highest BCUT2D eigenvalue weighted by atomic mass is 16.5. The Hall–Kier alpha value is -0.320. The average Bonchev–Trinajstić information content (AvgIpc) is 3.46. The van der Waals surface area contributed by atoms with Crippen molar-refractivity contribution >= 4 is 0 Å². The molecule has 8 heteroatoms. The number of hydrogen-bond donors (Lipinski definition) is 2. The second kappa shape index (κ2) is 26.6. The minimum absolute atomic E-state index is 0.689. The molecule has 0 radical (unpaired) electrons. The zero-order valence-electron chi connectivity index (χ0n) is 32.1. The maximum Gasteiger partial charge on any atom is 0.0594 e. The van der Waals surface area contributed by atoms with Crippen molar-refractivity contribution in [1.29, 1.82) is 0 Å². The third-order valence-corrected chi connectivity index (χ3v) is 9.75. The van der Waals surface area contributed by atoms with Crippen molar-refractivity contribution in [2.24, 2.45) is 0 Å². The third-order valence-electron chi connectivity index (χ3n) is 9.75. The molecule has 0 aromatic carbocycles. The van der Waals surface area contributed by atoms with Gasteiger partial charge >= 0.3 is 0 Å². The minimum Gasteiger partial charge on any atom is -0.379 e. The monoisotopic (exact) mass is 640 g/mol. The summed E-state index contributed by atoms with van der Waals surface area (Å²) in [6.07, 6.45) is 8.41. The lowest BCUT2D eigenvalue weighted by Gasteiger charge is -2.30. The van der Waals surface area contributed by atoms with Crippen LogP contribution >= 0.6 is 0 Å². The second-order valence-electron chi connectivity index (χ2n) is 14.9. The van der Waals surface area contributed by atoms with Crippen LogP contribution in [-0.4, -0.2) is 160 Å². The van der Waals surface area contributed by atoms with E-state index in [0.717, 1.165) is 70.1 Å². The summed E-state index contributed by atoms with van der Waals surface area (Å²) < 4.78 is 5.21. The van der Waals surface area contributed by atoms with E-state index in [-0.39, 0.29) is 0 Å². The van der Waals surface area contributed by atoms with Gasteiger partial charge in [0.25, 0.3) is 0 Å². The summed E-state index contributed by atoms with van der Waals surface area (Å²) in [4.78, 5) is 12.5. The van der Waals surface area contributed by atoms with Crippen LogP contribution in [0.3, 0.4) is 0 Å². The molecule has 5 aliphatic heterocycles. The number of ether oxygens (including phenoxy) is 1. The molecular weight excluding hydrogens is 558 g/mol. The molecule has 0 aromatic heterocycles. The first kappa shape index (κ1) is 42.7. The molecule has 0 bridgehead atoms. The fraction of sp³-hybridized carbons (Fsp3) is 1.00. The van der Waals surface area contributed by atoms with Crippen molar-refractivity contribution in [3.05, 3.63) is 0 Å². The number of hydrogen-bond acceptors (Lipinski definition) is 8. The minimum atomic E-state index is 0.689. The number of likely N-dealkylation sites (tertiary alicyclic amines) is 2. The molecule has 5 rings (SSSR count). The van der Waals surface area contributed by atoms with Crippen LogP contribution in [0.15, 0.2) is 0 Å². The Kier molecular flexibility index (Phi) is 25.3. The van der Waals surface area contributed by atoms with Crippen molar-refractivity contribution in [3.8, 4) is 0 Å². The van der Waals surface area contributed by atoms with Gasteiger partial charge in [-0.3, -0.25) is 14.7 Å². The number of morpholine rings is 1. The molecule has 0 saturated carbocycles. The molecule has 0 amide bonds. The van der Waals surface area contributed by atoms with Crippen LogP contribution in [0.5, 0.6) is 0 Å². The molecule has 0 spiro atoms. The molecule has 5 saturated heterocycles. The van der Waals surface area contributed by atoms with E-state index in [1.165, 1.54) is 97.4 Å². The van der Waals surface area contributed by atoms with Gasteiger partial charge in [-0.25, -0.2) is 0 Å². The van der Waals surface area contributed by atoms with Gasteiger partial charge in [0.2, 0.25) is 0 Å². The van der Waals surface area contributed by atoms with Crippen LogP contribution < -0.4 is 10.6 Å². The van der Waals surface area contributed by atoms with Gasteiger partial charge in [-0.05, 0) is 141 Å². The molecule has 2 N–H and O–H groups in total. The average molecular weight is 640 g/mol. The largest absolute Gasteiger partial charge is 0.379 e. The highest BCUT2D eigenvalue weighted by Crippen LogP contribution is 2.11. The SMILES string of the molecule is CC(C)N1CCCC1.CC(C)N1CCCCC1.CC(C)N1CCCNCC1.CC(C)N1CCNCC1.CC(C)N1CCOCC1. The smallest absolute Gasteiger partial charge is 0.0594 e. The Bertz CT molecular complexity index is 576. The number of nitrogens with one attached hydrogen (secondary N) is 2. The first-order valence-corrected chi connectivity index (χ1v) is 19.2. The molecule has 0 aromatic rings. The molecule has 5 fully saturated rings. The molecule has 0 aliphatic carbocycles. The van der Waals surface area contributed by atoms with E-state index in [9.17, 15) is 0 Å². The van der Waals surface area contributed by atoms with Crippen LogP contribution in [0.2, 0.25) is 0 Å². The van der Waals surface area contributed by atoms with Crippen LogP contribution in [0.25, 0.3) is 0 Å². The first-order chi connectivity index (χ1) is 21.5. The molecule has 0 atom stereocenters. The maximum atomic E-state index is 5.21. The second-order valence-corrected chi connectivity index (χ2v) is 14.9. The van der Waals surface area contributed by atoms with E-state index in [1.807, 2.05) is 0 Å². The van der Waals surface area contributed by atoms with E-state index in [0.29, 0.717) is 6.04 Å². The van der Waals surface area contributed by atoms with Crippen LogP contribution in [0.1, 0.15) is 108 Å².